The molecule has 0 aliphatic carbocycles. The monoisotopic (exact) mass is 439 g/mol. The molecule has 158 valence electrons. The molecule has 0 aromatic heterocycles. The summed E-state index contributed by atoms with van der Waals surface area (Å²) in [5.74, 6) is -1.45. The third-order valence-electron chi connectivity index (χ3n) is 4.52. The van der Waals surface area contributed by atoms with E-state index >= 15 is 0 Å². The molecule has 4 rings (SSSR count). The maximum atomic E-state index is 12.5. The Morgan fingerprint density at radius 1 is 0.531 bits per heavy atom. The summed E-state index contributed by atoms with van der Waals surface area (Å²) in [7, 11) is 0. The molecular formula is C26H21N3O2S. The highest BCUT2D eigenvalue weighted by molar-refractivity contribution is 7.99. The van der Waals surface area contributed by atoms with Gasteiger partial charge >= 0.3 is 11.8 Å². The van der Waals surface area contributed by atoms with Crippen molar-refractivity contribution in [3.63, 3.8) is 0 Å². The van der Waals surface area contributed by atoms with Gasteiger partial charge in [0.05, 0.1) is 5.69 Å². The smallest absolute Gasteiger partial charge is 0.314 e. The summed E-state index contributed by atoms with van der Waals surface area (Å²) >= 11 is 1.52. The van der Waals surface area contributed by atoms with Gasteiger partial charge < -0.3 is 16.0 Å². The molecule has 0 atom stereocenters. The standard InChI is InChI=1S/C26H21N3O2S/c30-25(28-21-17-15-20(16-18-21)27-19-9-3-1-4-10-19)26(31)29-23-13-7-8-14-24(23)32-22-11-5-2-6-12-22/h1-18,27H,(H,28,30)(H,29,31). The van der Waals surface area contributed by atoms with Crippen molar-refractivity contribution in [2.24, 2.45) is 0 Å². The Hall–Kier alpha value is -4.03. The summed E-state index contributed by atoms with van der Waals surface area (Å²) in [6.45, 7) is 0. The number of rotatable bonds is 6. The zero-order chi connectivity index (χ0) is 22.2. The molecule has 0 aliphatic heterocycles. The highest BCUT2D eigenvalue weighted by atomic mass is 32.2. The Kier molecular flexibility index (Phi) is 6.84. The van der Waals surface area contributed by atoms with Crippen molar-refractivity contribution in [3.05, 3.63) is 109 Å². The van der Waals surface area contributed by atoms with Gasteiger partial charge in [-0.3, -0.25) is 9.59 Å². The first-order valence-electron chi connectivity index (χ1n) is 10.0. The van der Waals surface area contributed by atoms with Crippen LogP contribution in [0.15, 0.2) is 119 Å². The minimum atomic E-state index is -0.728. The van der Waals surface area contributed by atoms with Gasteiger partial charge in [0, 0.05) is 26.9 Å². The predicted molar refractivity (Wildman–Crippen MR) is 130 cm³/mol. The van der Waals surface area contributed by atoms with E-state index in [2.05, 4.69) is 16.0 Å². The topological polar surface area (TPSA) is 70.2 Å². The summed E-state index contributed by atoms with van der Waals surface area (Å²) in [6.07, 6.45) is 0. The van der Waals surface area contributed by atoms with Crippen LogP contribution in [0.4, 0.5) is 22.7 Å². The molecule has 2 amide bonds. The summed E-state index contributed by atoms with van der Waals surface area (Å²) in [6, 6.07) is 34.2. The maximum absolute atomic E-state index is 12.5. The van der Waals surface area contributed by atoms with Gasteiger partial charge in [0.15, 0.2) is 0 Å². The van der Waals surface area contributed by atoms with Crippen LogP contribution in [0.1, 0.15) is 0 Å². The predicted octanol–water partition coefficient (Wildman–Crippen LogP) is 6.16. The van der Waals surface area contributed by atoms with Crippen molar-refractivity contribution in [1.82, 2.24) is 0 Å². The molecule has 4 aromatic carbocycles. The fourth-order valence-electron chi connectivity index (χ4n) is 2.97. The first-order valence-corrected chi connectivity index (χ1v) is 10.9. The fourth-order valence-corrected chi connectivity index (χ4v) is 3.89. The number of benzene rings is 4. The summed E-state index contributed by atoms with van der Waals surface area (Å²) in [5, 5.41) is 8.62. The van der Waals surface area contributed by atoms with E-state index < -0.39 is 11.8 Å². The van der Waals surface area contributed by atoms with E-state index in [1.54, 1.807) is 18.2 Å². The van der Waals surface area contributed by atoms with Crippen molar-refractivity contribution in [2.75, 3.05) is 16.0 Å². The molecule has 0 fully saturated rings. The first-order chi connectivity index (χ1) is 15.7. The van der Waals surface area contributed by atoms with E-state index in [1.807, 2.05) is 91.0 Å². The number of carbonyl (C=O) groups excluding carboxylic acids is 2. The molecule has 6 heteroatoms. The van der Waals surface area contributed by atoms with Crippen LogP contribution in [0, 0.1) is 0 Å². The van der Waals surface area contributed by atoms with Crippen LogP contribution in [0.2, 0.25) is 0 Å². The van der Waals surface area contributed by atoms with Crippen LogP contribution in [0.5, 0.6) is 0 Å². The highest BCUT2D eigenvalue weighted by Gasteiger charge is 2.16. The van der Waals surface area contributed by atoms with Gasteiger partial charge in [-0.25, -0.2) is 0 Å². The van der Waals surface area contributed by atoms with E-state index in [0.29, 0.717) is 11.4 Å². The third-order valence-corrected chi connectivity index (χ3v) is 5.60. The number of hydrogen-bond donors (Lipinski definition) is 3. The van der Waals surface area contributed by atoms with Crippen LogP contribution < -0.4 is 16.0 Å². The number of hydrogen-bond acceptors (Lipinski definition) is 4. The van der Waals surface area contributed by atoms with Crippen molar-refractivity contribution in [2.45, 2.75) is 9.79 Å². The number of nitrogens with one attached hydrogen (secondary N) is 3. The minimum Gasteiger partial charge on any atom is -0.356 e. The van der Waals surface area contributed by atoms with Gasteiger partial charge in [-0.2, -0.15) is 0 Å². The van der Waals surface area contributed by atoms with E-state index in [0.717, 1.165) is 21.2 Å². The summed E-state index contributed by atoms with van der Waals surface area (Å²) in [5.41, 5.74) is 2.97. The normalized spacial score (nSPS) is 10.2. The molecule has 0 unspecified atom stereocenters. The molecule has 0 aliphatic rings. The van der Waals surface area contributed by atoms with Crippen molar-refractivity contribution >= 4 is 46.3 Å². The van der Waals surface area contributed by atoms with E-state index in [-0.39, 0.29) is 0 Å². The minimum absolute atomic E-state index is 0.538. The second-order valence-corrected chi connectivity index (χ2v) is 8.00. The fraction of sp³-hybridized carbons (Fsp3) is 0. The number of anilines is 4. The molecule has 0 radical (unpaired) electrons. The molecule has 4 aromatic rings. The van der Waals surface area contributed by atoms with Crippen LogP contribution in [-0.4, -0.2) is 11.8 Å². The molecule has 0 bridgehead atoms. The van der Waals surface area contributed by atoms with Crippen LogP contribution in [0.25, 0.3) is 0 Å². The molecular weight excluding hydrogens is 418 g/mol. The lowest BCUT2D eigenvalue weighted by Gasteiger charge is -2.11. The van der Waals surface area contributed by atoms with Gasteiger partial charge in [0.1, 0.15) is 0 Å². The van der Waals surface area contributed by atoms with Gasteiger partial charge in [0.25, 0.3) is 0 Å². The Morgan fingerprint density at radius 3 is 1.78 bits per heavy atom. The third kappa shape index (κ3) is 5.77. The van der Waals surface area contributed by atoms with Gasteiger partial charge in [-0.15, -0.1) is 0 Å². The second kappa shape index (κ2) is 10.3. The SMILES string of the molecule is O=C(Nc1ccc(Nc2ccccc2)cc1)C(=O)Nc1ccccc1Sc1ccccc1. The van der Waals surface area contributed by atoms with Crippen LogP contribution in [-0.2, 0) is 9.59 Å². The first kappa shape index (κ1) is 21.2. The summed E-state index contributed by atoms with van der Waals surface area (Å²) < 4.78 is 0. The van der Waals surface area contributed by atoms with Crippen LogP contribution in [0.3, 0.4) is 0 Å². The van der Waals surface area contributed by atoms with Gasteiger partial charge in [0.2, 0.25) is 0 Å². The van der Waals surface area contributed by atoms with Crippen molar-refractivity contribution < 1.29 is 9.59 Å². The lowest BCUT2D eigenvalue weighted by Crippen LogP contribution is -2.29. The molecule has 0 saturated heterocycles. The quantitative estimate of drug-likeness (QED) is 0.315. The zero-order valence-corrected chi connectivity index (χ0v) is 17.9. The molecule has 0 spiro atoms. The molecule has 0 saturated carbocycles. The highest BCUT2D eigenvalue weighted by Crippen LogP contribution is 2.33. The number of amides is 2. The lowest BCUT2D eigenvalue weighted by atomic mass is 10.2. The summed E-state index contributed by atoms with van der Waals surface area (Å²) in [4.78, 5) is 26.8. The molecule has 0 heterocycles. The number of carbonyl (C=O) groups is 2. The van der Waals surface area contributed by atoms with Crippen LogP contribution >= 0.6 is 11.8 Å². The zero-order valence-electron chi connectivity index (χ0n) is 17.1. The Labute approximate surface area is 190 Å². The molecule has 32 heavy (non-hydrogen) atoms. The number of para-hydroxylation sites is 2. The lowest BCUT2D eigenvalue weighted by molar-refractivity contribution is -0.133. The Morgan fingerprint density at radius 2 is 1.06 bits per heavy atom. The Bertz CT molecular complexity index is 1200. The molecule has 3 N–H and O–H groups in total. The maximum Gasteiger partial charge on any atom is 0.314 e. The molecule has 5 nitrogen and oxygen atoms in total. The largest absolute Gasteiger partial charge is 0.356 e. The van der Waals surface area contributed by atoms with Gasteiger partial charge in [-0.1, -0.05) is 60.3 Å². The van der Waals surface area contributed by atoms with E-state index in [4.69, 9.17) is 0 Å². The average molecular weight is 440 g/mol. The van der Waals surface area contributed by atoms with E-state index in [1.165, 1.54) is 11.8 Å². The average Bonchev–Trinajstić information content (AvgIpc) is 2.83. The van der Waals surface area contributed by atoms with E-state index in [9.17, 15) is 9.59 Å². The second-order valence-electron chi connectivity index (χ2n) is 6.89. The van der Waals surface area contributed by atoms with Crippen molar-refractivity contribution in [1.29, 1.82) is 0 Å². The van der Waals surface area contributed by atoms with Gasteiger partial charge in [-0.05, 0) is 60.7 Å². The van der Waals surface area contributed by atoms with Crippen molar-refractivity contribution in [3.8, 4) is 0 Å². The Balaban J connectivity index is 1.37.